The van der Waals surface area contributed by atoms with Gasteiger partial charge in [-0.3, -0.25) is 0 Å². The average molecular weight is 163 g/mol. The monoisotopic (exact) mass is 163 g/mol. The summed E-state index contributed by atoms with van der Waals surface area (Å²) in [5, 5.41) is 0.138. The molecule has 0 bridgehead atoms. The second-order valence-corrected chi connectivity index (χ2v) is 2.06. The van der Waals surface area contributed by atoms with Crippen molar-refractivity contribution < 1.29 is 4.74 Å². The quantitative estimate of drug-likeness (QED) is 0.633. The minimum absolute atomic E-state index is 0.138. The first kappa shape index (κ1) is 12.4. The van der Waals surface area contributed by atoms with Crippen LogP contribution in [0.2, 0.25) is 0 Å². The first-order valence-electron chi connectivity index (χ1n) is 3.63. The maximum absolute atomic E-state index is 5.08. The van der Waals surface area contributed by atoms with Crippen molar-refractivity contribution in [1.82, 2.24) is 0 Å². The molecule has 0 fully saturated rings. The summed E-state index contributed by atoms with van der Waals surface area (Å²) in [7, 11) is 0. The van der Waals surface area contributed by atoms with Crippen LogP contribution in [0.4, 0.5) is 0 Å². The summed E-state index contributed by atoms with van der Waals surface area (Å²) in [6, 6.07) is 0. The highest BCUT2D eigenvalue weighted by Crippen LogP contribution is 1.93. The zero-order chi connectivity index (χ0) is 8.57. The molecule has 0 aromatic heterocycles. The highest BCUT2D eigenvalue weighted by molar-refractivity contribution is 7.80. The third-order valence-electron chi connectivity index (χ3n) is 0.892. The van der Waals surface area contributed by atoms with Crippen LogP contribution in [0.15, 0.2) is 0 Å². The highest BCUT2D eigenvalue weighted by Gasteiger charge is 1.97. The van der Waals surface area contributed by atoms with Crippen LogP contribution in [0.1, 0.15) is 34.1 Å². The van der Waals surface area contributed by atoms with Gasteiger partial charge in [0.2, 0.25) is 0 Å². The Morgan fingerprint density at radius 3 is 2.10 bits per heavy atom. The summed E-state index contributed by atoms with van der Waals surface area (Å²) in [5.41, 5.74) is 5.08. The van der Waals surface area contributed by atoms with Crippen molar-refractivity contribution in [2.24, 2.45) is 5.73 Å². The largest absolute Gasteiger partial charge is 0.468 e. The molecule has 0 aromatic carbocycles. The summed E-state index contributed by atoms with van der Waals surface area (Å²) in [4.78, 5) is 0. The van der Waals surface area contributed by atoms with E-state index in [1.54, 1.807) is 0 Å². The molecule has 10 heavy (non-hydrogen) atoms. The predicted molar refractivity (Wildman–Crippen MR) is 49.0 cm³/mol. The van der Waals surface area contributed by atoms with E-state index in [-0.39, 0.29) is 11.3 Å². The van der Waals surface area contributed by atoms with Crippen molar-refractivity contribution in [2.45, 2.75) is 40.2 Å². The molecule has 1 unspecified atom stereocenters. The van der Waals surface area contributed by atoms with Crippen LogP contribution in [0.5, 0.6) is 0 Å². The van der Waals surface area contributed by atoms with Gasteiger partial charge in [-0.05, 0) is 25.6 Å². The fourth-order valence-electron chi connectivity index (χ4n) is 0.282. The van der Waals surface area contributed by atoms with Gasteiger partial charge in [0.05, 0.1) is 6.10 Å². The van der Waals surface area contributed by atoms with E-state index >= 15 is 0 Å². The number of hydrogen-bond donors (Lipinski definition) is 1. The van der Waals surface area contributed by atoms with Gasteiger partial charge in [-0.1, -0.05) is 20.8 Å². The molecule has 2 N–H and O–H groups in total. The van der Waals surface area contributed by atoms with Crippen molar-refractivity contribution in [3.63, 3.8) is 0 Å². The van der Waals surface area contributed by atoms with Gasteiger partial charge in [0.1, 0.15) is 0 Å². The van der Waals surface area contributed by atoms with E-state index in [0.717, 1.165) is 6.42 Å². The average Bonchev–Trinajstić information content (AvgIpc) is 1.91. The number of ether oxygens (including phenoxy) is 1. The van der Waals surface area contributed by atoms with Crippen LogP contribution in [-0.2, 0) is 4.74 Å². The van der Waals surface area contributed by atoms with Gasteiger partial charge in [0, 0.05) is 0 Å². The molecule has 1 atom stereocenters. The summed E-state index contributed by atoms with van der Waals surface area (Å²) in [6.45, 7) is 7.95. The Morgan fingerprint density at radius 2 is 2.00 bits per heavy atom. The van der Waals surface area contributed by atoms with E-state index in [9.17, 15) is 0 Å². The summed E-state index contributed by atoms with van der Waals surface area (Å²) in [6.07, 6.45) is 1.10. The third-order valence-corrected chi connectivity index (χ3v) is 0.988. The first-order valence-corrected chi connectivity index (χ1v) is 4.03. The fourth-order valence-corrected chi connectivity index (χ4v) is 0.446. The van der Waals surface area contributed by atoms with E-state index < -0.39 is 0 Å². The molecule has 62 valence electrons. The lowest BCUT2D eigenvalue weighted by Crippen LogP contribution is -2.19. The topological polar surface area (TPSA) is 35.2 Å². The van der Waals surface area contributed by atoms with Crippen molar-refractivity contribution >= 4 is 17.4 Å². The minimum Gasteiger partial charge on any atom is -0.468 e. The first-order chi connectivity index (χ1) is 4.66. The molecule has 0 saturated heterocycles. The van der Waals surface area contributed by atoms with Crippen LogP contribution >= 0.6 is 12.2 Å². The summed E-state index contributed by atoms with van der Waals surface area (Å²) < 4.78 is 4.91. The lowest BCUT2D eigenvalue weighted by Gasteiger charge is -2.08. The van der Waals surface area contributed by atoms with E-state index in [2.05, 4.69) is 12.2 Å². The smallest absolute Gasteiger partial charge is 0.254 e. The lowest BCUT2D eigenvalue weighted by molar-refractivity contribution is 0.207. The third kappa shape index (κ3) is 10.6. The Kier molecular flexibility index (Phi) is 10.8. The zero-order valence-electron chi connectivity index (χ0n) is 7.18. The fraction of sp³-hybridized carbons (Fsp3) is 0.857. The number of thiocarbonyl (C=S) groups is 1. The standard InChI is InChI=1S/C5H11NOS.C2H6/c1-3-4(2)7-5(6)8;1-2/h4H,3H2,1-2H3,(H2,6,8);1-2H3. The minimum atomic E-state index is 0.138. The molecule has 0 aliphatic rings. The van der Waals surface area contributed by atoms with E-state index in [4.69, 9.17) is 10.5 Å². The molecule has 0 spiro atoms. The maximum atomic E-state index is 5.08. The van der Waals surface area contributed by atoms with Crippen LogP contribution in [0.25, 0.3) is 0 Å². The molecule has 0 radical (unpaired) electrons. The second kappa shape index (κ2) is 8.69. The number of nitrogens with two attached hydrogens (primary N) is 1. The SMILES string of the molecule is CC.CCC(C)OC(N)=S. The van der Waals surface area contributed by atoms with Crippen molar-refractivity contribution in [3.8, 4) is 0 Å². The van der Waals surface area contributed by atoms with Crippen LogP contribution in [0.3, 0.4) is 0 Å². The molecule has 0 heterocycles. The molecule has 2 nitrogen and oxygen atoms in total. The summed E-state index contributed by atoms with van der Waals surface area (Å²) in [5.74, 6) is 0. The lowest BCUT2D eigenvalue weighted by atomic mass is 10.3. The molecule has 0 amide bonds. The van der Waals surface area contributed by atoms with Gasteiger partial charge in [-0.25, -0.2) is 0 Å². The Balaban J connectivity index is 0. The molecular weight excluding hydrogens is 146 g/mol. The normalized spacial score (nSPS) is 10.8. The predicted octanol–water partition coefficient (Wildman–Crippen LogP) is 2.07. The van der Waals surface area contributed by atoms with Crippen molar-refractivity contribution in [1.29, 1.82) is 0 Å². The van der Waals surface area contributed by atoms with E-state index in [1.807, 2.05) is 27.7 Å². The second-order valence-electron chi connectivity index (χ2n) is 1.66. The zero-order valence-corrected chi connectivity index (χ0v) is 7.99. The number of rotatable bonds is 2. The highest BCUT2D eigenvalue weighted by atomic mass is 32.1. The molecular formula is C7H17NOS. The Hall–Kier alpha value is -0.310. The van der Waals surface area contributed by atoms with Crippen molar-refractivity contribution in [3.05, 3.63) is 0 Å². The molecule has 0 aliphatic carbocycles. The molecule has 0 saturated carbocycles. The summed E-state index contributed by atoms with van der Waals surface area (Å²) >= 11 is 4.49. The van der Waals surface area contributed by atoms with Crippen LogP contribution in [0, 0.1) is 0 Å². The number of hydrogen-bond acceptors (Lipinski definition) is 2. The Morgan fingerprint density at radius 1 is 1.60 bits per heavy atom. The van der Waals surface area contributed by atoms with E-state index in [1.165, 1.54) is 0 Å². The molecule has 0 aromatic rings. The molecule has 3 heteroatoms. The van der Waals surface area contributed by atoms with Crippen LogP contribution in [-0.4, -0.2) is 11.3 Å². The maximum Gasteiger partial charge on any atom is 0.254 e. The van der Waals surface area contributed by atoms with Gasteiger partial charge < -0.3 is 10.5 Å². The van der Waals surface area contributed by atoms with Gasteiger partial charge >= 0.3 is 0 Å². The Bertz CT molecular complexity index is 85.7. The van der Waals surface area contributed by atoms with Gasteiger partial charge in [-0.2, -0.15) is 0 Å². The Labute approximate surface area is 68.7 Å². The van der Waals surface area contributed by atoms with Gasteiger partial charge in [0.15, 0.2) is 0 Å². The van der Waals surface area contributed by atoms with Crippen molar-refractivity contribution in [2.75, 3.05) is 0 Å². The molecule has 0 aliphatic heterocycles. The van der Waals surface area contributed by atoms with Gasteiger partial charge in [0.25, 0.3) is 5.17 Å². The van der Waals surface area contributed by atoms with Gasteiger partial charge in [-0.15, -0.1) is 0 Å². The molecule has 0 rings (SSSR count). The van der Waals surface area contributed by atoms with Crippen LogP contribution < -0.4 is 5.73 Å². The van der Waals surface area contributed by atoms with E-state index in [0.29, 0.717) is 0 Å².